The van der Waals surface area contributed by atoms with Gasteiger partial charge in [0.1, 0.15) is 6.04 Å². The first-order chi connectivity index (χ1) is 10.4. The van der Waals surface area contributed by atoms with Gasteiger partial charge in [-0.25, -0.2) is 8.42 Å². The standard InChI is InChI=1S/C14H17N3O3S2/c1-22(19,20)17-7-3-2-4-12(17)14(18)16-11-5-6-13-10(8-11)9-15-21-13/h5-6,8-9,12H,2-4,7H2,1H3,(H,16,18)/t12-/m1/s1. The third kappa shape index (κ3) is 3.13. The summed E-state index contributed by atoms with van der Waals surface area (Å²) in [6.45, 7) is 0.407. The summed E-state index contributed by atoms with van der Waals surface area (Å²) in [4.78, 5) is 12.5. The number of hydrogen-bond acceptors (Lipinski definition) is 5. The van der Waals surface area contributed by atoms with Crippen LogP contribution >= 0.6 is 11.5 Å². The number of aromatic nitrogens is 1. The zero-order chi connectivity index (χ0) is 15.7. The lowest BCUT2D eigenvalue weighted by Crippen LogP contribution is -2.49. The molecule has 1 aromatic heterocycles. The van der Waals surface area contributed by atoms with Crippen LogP contribution in [0.5, 0.6) is 0 Å². The maximum Gasteiger partial charge on any atom is 0.242 e. The molecule has 8 heteroatoms. The van der Waals surface area contributed by atoms with Crippen molar-refractivity contribution in [1.29, 1.82) is 0 Å². The number of fused-ring (bicyclic) bond motifs is 1. The molecule has 1 N–H and O–H groups in total. The van der Waals surface area contributed by atoms with Gasteiger partial charge in [-0.3, -0.25) is 4.79 Å². The van der Waals surface area contributed by atoms with Crippen molar-refractivity contribution < 1.29 is 13.2 Å². The Morgan fingerprint density at radius 3 is 3.00 bits per heavy atom. The van der Waals surface area contributed by atoms with Crippen LogP contribution in [0.15, 0.2) is 24.4 Å². The molecule has 1 atom stereocenters. The SMILES string of the molecule is CS(=O)(=O)N1CCCC[C@@H]1C(=O)Nc1ccc2sncc2c1. The van der Waals surface area contributed by atoms with Gasteiger partial charge in [-0.2, -0.15) is 8.68 Å². The fourth-order valence-corrected chi connectivity index (χ4v) is 4.49. The van der Waals surface area contributed by atoms with E-state index in [-0.39, 0.29) is 5.91 Å². The van der Waals surface area contributed by atoms with Gasteiger partial charge in [0.2, 0.25) is 15.9 Å². The van der Waals surface area contributed by atoms with Gasteiger partial charge in [-0.05, 0) is 42.6 Å². The fraction of sp³-hybridized carbons (Fsp3) is 0.429. The van der Waals surface area contributed by atoms with Crippen molar-refractivity contribution in [2.24, 2.45) is 0 Å². The smallest absolute Gasteiger partial charge is 0.242 e. The Labute approximate surface area is 133 Å². The van der Waals surface area contributed by atoms with Crippen molar-refractivity contribution >= 4 is 43.2 Å². The number of nitrogens with zero attached hydrogens (tertiary/aromatic N) is 2. The van der Waals surface area contributed by atoms with Gasteiger partial charge in [0.25, 0.3) is 0 Å². The number of carbonyl (C=O) groups is 1. The van der Waals surface area contributed by atoms with E-state index in [1.807, 2.05) is 18.2 Å². The summed E-state index contributed by atoms with van der Waals surface area (Å²) < 4.78 is 30.1. The predicted molar refractivity (Wildman–Crippen MR) is 87.4 cm³/mol. The number of anilines is 1. The maximum absolute atomic E-state index is 12.5. The maximum atomic E-state index is 12.5. The molecule has 118 valence electrons. The van der Waals surface area contributed by atoms with E-state index >= 15 is 0 Å². The first kappa shape index (κ1) is 15.4. The molecule has 6 nitrogen and oxygen atoms in total. The highest BCUT2D eigenvalue weighted by atomic mass is 32.2. The molecule has 0 saturated carbocycles. The lowest BCUT2D eigenvalue weighted by atomic mass is 10.0. The van der Waals surface area contributed by atoms with Gasteiger partial charge in [0, 0.05) is 23.8 Å². The van der Waals surface area contributed by atoms with E-state index < -0.39 is 16.1 Å². The minimum Gasteiger partial charge on any atom is -0.325 e. The first-order valence-corrected chi connectivity index (χ1v) is 9.69. The quantitative estimate of drug-likeness (QED) is 0.928. The Hall–Kier alpha value is -1.51. The highest BCUT2D eigenvalue weighted by Gasteiger charge is 2.34. The molecular weight excluding hydrogens is 322 g/mol. The predicted octanol–water partition coefficient (Wildman–Crippen LogP) is 2.05. The number of sulfonamides is 1. The monoisotopic (exact) mass is 339 g/mol. The molecule has 0 aliphatic carbocycles. The van der Waals surface area contributed by atoms with Gasteiger partial charge >= 0.3 is 0 Å². The van der Waals surface area contributed by atoms with Crippen LogP contribution in [-0.2, 0) is 14.8 Å². The summed E-state index contributed by atoms with van der Waals surface area (Å²) in [5.74, 6) is -0.271. The summed E-state index contributed by atoms with van der Waals surface area (Å²) in [5.41, 5.74) is 0.664. The van der Waals surface area contributed by atoms with Crippen LogP contribution in [0.4, 0.5) is 5.69 Å². The van der Waals surface area contributed by atoms with Crippen LogP contribution in [0.3, 0.4) is 0 Å². The van der Waals surface area contributed by atoms with Gasteiger partial charge in [-0.1, -0.05) is 6.42 Å². The molecule has 1 amide bonds. The lowest BCUT2D eigenvalue weighted by molar-refractivity contribution is -0.120. The van der Waals surface area contributed by atoms with Crippen molar-refractivity contribution in [2.45, 2.75) is 25.3 Å². The molecule has 1 aliphatic rings. The van der Waals surface area contributed by atoms with Gasteiger partial charge < -0.3 is 5.32 Å². The van der Waals surface area contributed by atoms with Crippen LogP contribution in [0, 0.1) is 0 Å². The number of amides is 1. The van der Waals surface area contributed by atoms with E-state index in [1.165, 1.54) is 15.8 Å². The van der Waals surface area contributed by atoms with Crippen LogP contribution < -0.4 is 5.32 Å². The number of hydrogen-bond donors (Lipinski definition) is 1. The fourth-order valence-electron chi connectivity index (χ4n) is 2.74. The van der Waals surface area contributed by atoms with E-state index in [2.05, 4.69) is 9.69 Å². The highest BCUT2D eigenvalue weighted by Crippen LogP contribution is 2.24. The number of nitrogens with one attached hydrogen (secondary N) is 1. The summed E-state index contributed by atoms with van der Waals surface area (Å²) in [5, 5.41) is 3.79. The van der Waals surface area contributed by atoms with Crippen molar-refractivity contribution in [1.82, 2.24) is 8.68 Å². The molecule has 1 fully saturated rings. The molecule has 3 rings (SSSR count). The number of rotatable bonds is 3. The second kappa shape index (κ2) is 5.94. The molecule has 2 heterocycles. The largest absolute Gasteiger partial charge is 0.325 e. The van der Waals surface area contributed by atoms with Crippen LogP contribution in [0.25, 0.3) is 10.1 Å². The van der Waals surface area contributed by atoms with E-state index in [9.17, 15) is 13.2 Å². The number of piperidine rings is 1. The Morgan fingerprint density at radius 2 is 2.23 bits per heavy atom. The third-order valence-electron chi connectivity index (χ3n) is 3.80. The molecule has 22 heavy (non-hydrogen) atoms. The average Bonchev–Trinajstić information content (AvgIpc) is 2.94. The van der Waals surface area contributed by atoms with Crippen molar-refractivity contribution in [3.05, 3.63) is 24.4 Å². The van der Waals surface area contributed by atoms with E-state index in [4.69, 9.17) is 0 Å². The van der Waals surface area contributed by atoms with Crippen molar-refractivity contribution in [3.8, 4) is 0 Å². The normalized spacial score (nSPS) is 20.1. The molecular formula is C14H17N3O3S2. The topological polar surface area (TPSA) is 79.4 Å². The zero-order valence-corrected chi connectivity index (χ0v) is 13.8. The number of carbonyl (C=O) groups excluding carboxylic acids is 1. The third-order valence-corrected chi connectivity index (χ3v) is 5.87. The van der Waals surface area contributed by atoms with Crippen LogP contribution in [0.1, 0.15) is 19.3 Å². The minimum atomic E-state index is -3.37. The Bertz CT molecular complexity index is 801. The van der Waals surface area contributed by atoms with Crippen molar-refractivity contribution in [3.63, 3.8) is 0 Å². The van der Waals surface area contributed by atoms with E-state index in [0.29, 0.717) is 18.7 Å². The molecule has 1 aromatic carbocycles. The van der Waals surface area contributed by atoms with Gasteiger partial charge in [0.05, 0.1) is 11.0 Å². The number of benzene rings is 1. The summed E-state index contributed by atoms with van der Waals surface area (Å²) in [7, 11) is -3.37. The van der Waals surface area contributed by atoms with Gasteiger partial charge in [0.15, 0.2) is 0 Å². The second-order valence-electron chi connectivity index (χ2n) is 5.45. The highest BCUT2D eigenvalue weighted by molar-refractivity contribution is 7.88. The molecule has 0 bridgehead atoms. The summed E-state index contributed by atoms with van der Waals surface area (Å²) in [6.07, 6.45) is 5.11. The first-order valence-electron chi connectivity index (χ1n) is 7.07. The molecule has 2 aromatic rings. The summed E-state index contributed by atoms with van der Waals surface area (Å²) >= 11 is 1.40. The lowest BCUT2D eigenvalue weighted by Gasteiger charge is -2.32. The van der Waals surface area contributed by atoms with Gasteiger partial charge in [-0.15, -0.1) is 0 Å². The Balaban J connectivity index is 1.80. The molecule has 1 saturated heterocycles. The Morgan fingerprint density at radius 1 is 1.41 bits per heavy atom. The van der Waals surface area contributed by atoms with E-state index in [1.54, 1.807) is 6.20 Å². The average molecular weight is 339 g/mol. The molecule has 0 spiro atoms. The second-order valence-corrected chi connectivity index (χ2v) is 8.22. The minimum absolute atomic E-state index is 0.271. The molecule has 0 unspecified atom stereocenters. The summed E-state index contributed by atoms with van der Waals surface area (Å²) in [6, 6.07) is 4.94. The molecule has 0 radical (unpaired) electrons. The van der Waals surface area contributed by atoms with Crippen LogP contribution in [-0.4, -0.2) is 41.8 Å². The van der Waals surface area contributed by atoms with Crippen LogP contribution in [0.2, 0.25) is 0 Å². The van der Waals surface area contributed by atoms with Crippen molar-refractivity contribution in [2.75, 3.05) is 18.1 Å². The molecule has 1 aliphatic heterocycles. The van der Waals surface area contributed by atoms with E-state index in [0.717, 1.165) is 29.2 Å². The zero-order valence-electron chi connectivity index (χ0n) is 12.2. The Kier molecular flexibility index (Phi) is 4.16.